The third kappa shape index (κ3) is 3.24. The number of methoxy groups -OCH3 is 1. The molecule has 0 aromatic heterocycles. The van der Waals surface area contributed by atoms with Crippen LogP contribution in [0.3, 0.4) is 0 Å². The number of ether oxygens (including phenoxy) is 1. The third-order valence-corrected chi connectivity index (χ3v) is 3.68. The van der Waals surface area contributed by atoms with Gasteiger partial charge in [-0.3, -0.25) is 4.90 Å². The molecule has 3 heteroatoms. The Morgan fingerprint density at radius 3 is 2.78 bits per heavy atom. The zero-order valence-electron chi connectivity index (χ0n) is 11.8. The molecule has 3 nitrogen and oxygen atoms in total. The van der Waals surface area contributed by atoms with E-state index in [4.69, 9.17) is 4.74 Å². The Morgan fingerprint density at radius 1 is 1.17 bits per heavy atom. The van der Waals surface area contributed by atoms with Crippen molar-refractivity contribution in [3.05, 3.63) is 28.8 Å². The highest BCUT2D eigenvalue weighted by atomic mass is 16.5. The molecule has 1 fully saturated rings. The summed E-state index contributed by atoms with van der Waals surface area (Å²) < 4.78 is 5.37. The van der Waals surface area contributed by atoms with Gasteiger partial charge < -0.3 is 10.1 Å². The Balaban J connectivity index is 2.10. The van der Waals surface area contributed by atoms with Crippen molar-refractivity contribution in [3.63, 3.8) is 0 Å². The van der Waals surface area contributed by atoms with E-state index in [0.717, 1.165) is 31.9 Å². The first kappa shape index (κ1) is 13.4. The minimum atomic E-state index is 0.994. The number of aryl methyl sites for hydroxylation is 2. The van der Waals surface area contributed by atoms with Crippen molar-refractivity contribution in [2.45, 2.75) is 26.8 Å². The summed E-state index contributed by atoms with van der Waals surface area (Å²) >= 11 is 0. The van der Waals surface area contributed by atoms with Gasteiger partial charge >= 0.3 is 0 Å². The van der Waals surface area contributed by atoms with E-state index >= 15 is 0 Å². The summed E-state index contributed by atoms with van der Waals surface area (Å²) in [6.45, 7) is 9.94. The van der Waals surface area contributed by atoms with E-state index in [2.05, 4.69) is 36.2 Å². The molecule has 1 aliphatic rings. The molecular weight excluding hydrogens is 224 g/mol. The van der Waals surface area contributed by atoms with Gasteiger partial charge in [0.05, 0.1) is 7.11 Å². The number of benzene rings is 1. The first-order valence-corrected chi connectivity index (χ1v) is 6.78. The van der Waals surface area contributed by atoms with Crippen molar-refractivity contribution >= 4 is 0 Å². The molecule has 0 saturated carbocycles. The Bertz CT molecular complexity index is 396. The van der Waals surface area contributed by atoms with Gasteiger partial charge in [0.25, 0.3) is 0 Å². The van der Waals surface area contributed by atoms with Gasteiger partial charge in [0.2, 0.25) is 0 Å². The Hall–Kier alpha value is -1.06. The van der Waals surface area contributed by atoms with Crippen LogP contribution in [0, 0.1) is 13.8 Å². The van der Waals surface area contributed by atoms with Crippen molar-refractivity contribution in [3.8, 4) is 5.75 Å². The first-order chi connectivity index (χ1) is 8.70. The molecule has 1 saturated heterocycles. The zero-order chi connectivity index (χ0) is 13.0. The summed E-state index contributed by atoms with van der Waals surface area (Å²) in [5, 5.41) is 3.45. The summed E-state index contributed by atoms with van der Waals surface area (Å²) in [5.41, 5.74) is 3.98. The van der Waals surface area contributed by atoms with Gasteiger partial charge in [0, 0.05) is 19.6 Å². The van der Waals surface area contributed by atoms with Crippen LogP contribution in [-0.2, 0) is 6.54 Å². The van der Waals surface area contributed by atoms with Crippen LogP contribution in [0.4, 0.5) is 0 Å². The van der Waals surface area contributed by atoms with Crippen molar-refractivity contribution in [1.29, 1.82) is 0 Å². The van der Waals surface area contributed by atoms with Gasteiger partial charge in [-0.2, -0.15) is 0 Å². The SMILES string of the molecule is COc1cc(C)c(CN2CCCNCC2)cc1C. The lowest BCUT2D eigenvalue weighted by Gasteiger charge is -2.21. The summed E-state index contributed by atoms with van der Waals surface area (Å²) in [6.07, 6.45) is 1.24. The van der Waals surface area contributed by atoms with Crippen molar-refractivity contribution in [2.24, 2.45) is 0 Å². The van der Waals surface area contributed by atoms with Crippen LogP contribution in [0.1, 0.15) is 23.1 Å². The molecule has 1 heterocycles. The van der Waals surface area contributed by atoms with Gasteiger partial charge in [-0.15, -0.1) is 0 Å². The van der Waals surface area contributed by atoms with E-state index < -0.39 is 0 Å². The highest BCUT2D eigenvalue weighted by Gasteiger charge is 2.11. The molecule has 0 aliphatic carbocycles. The van der Waals surface area contributed by atoms with E-state index in [9.17, 15) is 0 Å². The normalized spacial score (nSPS) is 17.5. The number of hydrogen-bond donors (Lipinski definition) is 1. The minimum Gasteiger partial charge on any atom is -0.496 e. The van der Waals surface area contributed by atoms with Crippen LogP contribution < -0.4 is 10.1 Å². The molecule has 100 valence electrons. The molecular formula is C15H24N2O. The molecule has 0 unspecified atom stereocenters. The molecule has 1 aromatic carbocycles. The van der Waals surface area contributed by atoms with Gasteiger partial charge in [-0.1, -0.05) is 6.07 Å². The predicted molar refractivity (Wildman–Crippen MR) is 75.2 cm³/mol. The largest absolute Gasteiger partial charge is 0.496 e. The first-order valence-electron chi connectivity index (χ1n) is 6.78. The average Bonchev–Trinajstić information content (AvgIpc) is 2.62. The van der Waals surface area contributed by atoms with Crippen LogP contribution >= 0.6 is 0 Å². The molecule has 1 aliphatic heterocycles. The van der Waals surface area contributed by atoms with Crippen LogP contribution in [0.25, 0.3) is 0 Å². The van der Waals surface area contributed by atoms with Crippen LogP contribution in [0.5, 0.6) is 5.75 Å². The van der Waals surface area contributed by atoms with Gasteiger partial charge in [-0.05, 0) is 56.1 Å². The Kier molecular flexibility index (Phi) is 4.61. The summed E-state index contributed by atoms with van der Waals surface area (Å²) in [4.78, 5) is 2.54. The molecule has 18 heavy (non-hydrogen) atoms. The van der Waals surface area contributed by atoms with Gasteiger partial charge in [0.1, 0.15) is 5.75 Å². The monoisotopic (exact) mass is 248 g/mol. The van der Waals surface area contributed by atoms with E-state index in [0.29, 0.717) is 0 Å². The maximum atomic E-state index is 5.37. The fourth-order valence-electron chi connectivity index (χ4n) is 2.54. The second-order valence-electron chi connectivity index (χ2n) is 5.13. The van der Waals surface area contributed by atoms with E-state index in [1.807, 2.05) is 0 Å². The highest BCUT2D eigenvalue weighted by Crippen LogP contribution is 2.23. The third-order valence-electron chi connectivity index (χ3n) is 3.68. The van der Waals surface area contributed by atoms with Crippen LogP contribution in [0.15, 0.2) is 12.1 Å². The van der Waals surface area contributed by atoms with Gasteiger partial charge in [0.15, 0.2) is 0 Å². The lowest BCUT2D eigenvalue weighted by molar-refractivity contribution is 0.283. The molecule has 0 radical (unpaired) electrons. The Labute approximate surface area is 110 Å². The summed E-state index contributed by atoms with van der Waals surface area (Å²) in [5.74, 6) is 0.994. The molecule has 0 amide bonds. The maximum Gasteiger partial charge on any atom is 0.122 e. The van der Waals surface area contributed by atoms with Crippen LogP contribution in [0.2, 0.25) is 0 Å². The fourth-order valence-corrected chi connectivity index (χ4v) is 2.54. The molecule has 0 bridgehead atoms. The minimum absolute atomic E-state index is 0.994. The number of nitrogens with one attached hydrogen (secondary N) is 1. The lowest BCUT2D eigenvalue weighted by Crippen LogP contribution is -2.28. The second kappa shape index (κ2) is 6.21. The average molecular weight is 248 g/mol. The highest BCUT2D eigenvalue weighted by molar-refractivity contribution is 5.41. The van der Waals surface area contributed by atoms with Crippen molar-refractivity contribution < 1.29 is 4.74 Å². The smallest absolute Gasteiger partial charge is 0.122 e. The standard InChI is InChI=1S/C15H24N2O/c1-12-10-15(18-3)13(2)9-14(12)11-17-7-4-5-16-6-8-17/h9-10,16H,4-8,11H2,1-3H3. The number of nitrogens with zero attached hydrogens (tertiary/aromatic N) is 1. The van der Waals surface area contributed by atoms with Gasteiger partial charge in [-0.25, -0.2) is 0 Å². The maximum absolute atomic E-state index is 5.37. The molecule has 1 aromatic rings. The van der Waals surface area contributed by atoms with E-state index in [1.165, 1.54) is 29.7 Å². The summed E-state index contributed by atoms with van der Waals surface area (Å²) in [7, 11) is 1.74. The Morgan fingerprint density at radius 2 is 2.00 bits per heavy atom. The van der Waals surface area contributed by atoms with Crippen molar-refractivity contribution in [2.75, 3.05) is 33.3 Å². The van der Waals surface area contributed by atoms with E-state index in [1.54, 1.807) is 7.11 Å². The fraction of sp³-hybridized carbons (Fsp3) is 0.600. The lowest BCUT2D eigenvalue weighted by atomic mass is 10.0. The topological polar surface area (TPSA) is 24.5 Å². The number of hydrogen-bond acceptors (Lipinski definition) is 3. The van der Waals surface area contributed by atoms with Crippen LogP contribution in [-0.4, -0.2) is 38.2 Å². The second-order valence-corrected chi connectivity index (χ2v) is 5.13. The number of rotatable bonds is 3. The molecule has 1 N–H and O–H groups in total. The van der Waals surface area contributed by atoms with E-state index in [-0.39, 0.29) is 0 Å². The predicted octanol–water partition coefficient (Wildman–Crippen LogP) is 2.11. The molecule has 0 atom stereocenters. The molecule has 0 spiro atoms. The quantitative estimate of drug-likeness (QED) is 0.886. The zero-order valence-corrected chi connectivity index (χ0v) is 11.8. The molecule has 2 rings (SSSR count). The summed E-state index contributed by atoms with van der Waals surface area (Å²) in [6, 6.07) is 4.42. The van der Waals surface area contributed by atoms with Crippen molar-refractivity contribution in [1.82, 2.24) is 10.2 Å².